The number of carbonyl (C=O) groups excluding carboxylic acids is 1. The monoisotopic (exact) mass is 401 g/mol. The highest BCUT2D eigenvalue weighted by Gasteiger charge is 2.19. The van der Waals surface area contributed by atoms with E-state index in [1.165, 1.54) is 10.7 Å². The number of rotatable bonds is 5. The van der Waals surface area contributed by atoms with Gasteiger partial charge >= 0.3 is 5.97 Å². The molecule has 1 aromatic carbocycles. The first kappa shape index (κ1) is 19.9. The van der Waals surface area contributed by atoms with Gasteiger partial charge in [-0.15, -0.1) is 0 Å². The van der Waals surface area contributed by atoms with E-state index < -0.39 is 16.0 Å². The van der Waals surface area contributed by atoms with Crippen LogP contribution >= 0.6 is 0 Å². The van der Waals surface area contributed by atoms with Crippen molar-refractivity contribution in [2.45, 2.75) is 38.0 Å². The summed E-state index contributed by atoms with van der Waals surface area (Å²) in [6.07, 6.45) is 2.98. The molecule has 0 saturated carbocycles. The predicted octanol–water partition coefficient (Wildman–Crippen LogP) is 3.61. The van der Waals surface area contributed by atoms with Crippen molar-refractivity contribution in [3.05, 3.63) is 59.9 Å². The molecule has 0 bridgehead atoms. The zero-order valence-corrected chi connectivity index (χ0v) is 17.1. The van der Waals surface area contributed by atoms with Crippen molar-refractivity contribution < 1.29 is 17.9 Å². The Labute approximate surface area is 164 Å². The smallest absolute Gasteiger partial charge is 0.341 e. The number of benzene rings is 1. The standard InChI is InChI=1S/C20H23N3O4S/c1-5-27-19(24)17-13-21-23-11-10-15(12-18(17)23)22-28(25,26)16-8-6-14(7-9-16)20(2,3)4/h6-13,22H,5H2,1-4H3. The quantitative estimate of drug-likeness (QED) is 0.660. The Morgan fingerprint density at radius 2 is 1.86 bits per heavy atom. The Balaban J connectivity index is 1.90. The maximum absolute atomic E-state index is 12.7. The summed E-state index contributed by atoms with van der Waals surface area (Å²) < 4.78 is 34.5. The van der Waals surface area contributed by atoms with E-state index in [1.54, 1.807) is 37.4 Å². The van der Waals surface area contributed by atoms with Gasteiger partial charge in [0.1, 0.15) is 5.56 Å². The van der Waals surface area contributed by atoms with Gasteiger partial charge in [-0.05, 0) is 42.2 Å². The fourth-order valence-electron chi connectivity index (χ4n) is 2.76. The fraction of sp³-hybridized carbons (Fsp3) is 0.300. The van der Waals surface area contributed by atoms with Gasteiger partial charge in [0.05, 0.1) is 28.9 Å². The van der Waals surface area contributed by atoms with E-state index in [1.807, 2.05) is 12.1 Å². The van der Waals surface area contributed by atoms with Gasteiger partial charge in [0.2, 0.25) is 0 Å². The molecule has 0 unspecified atom stereocenters. The highest BCUT2D eigenvalue weighted by atomic mass is 32.2. The van der Waals surface area contributed by atoms with Crippen LogP contribution in [0, 0.1) is 0 Å². The maximum atomic E-state index is 12.7. The topological polar surface area (TPSA) is 89.8 Å². The van der Waals surface area contributed by atoms with E-state index in [4.69, 9.17) is 4.74 Å². The molecule has 0 atom stereocenters. The third-order valence-corrected chi connectivity index (χ3v) is 5.70. The van der Waals surface area contributed by atoms with E-state index in [0.29, 0.717) is 11.2 Å². The third kappa shape index (κ3) is 4.01. The number of hydrogen-bond donors (Lipinski definition) is 1. The zero-order valence-electron chi connectivity index (χ0n) is 16.3. The van der Waals surface area contributed by atoms with Gasteiger partial charge in [-0.1, -0.05) is 32.9 Å². The van der Waals surface area contributed by atoms with Crippen LogP contribution in [-0.2, 0) is 20.2 Å². The average molecular weight is 401 g/mol. The summed E-state index contributed by atoms with van der Waals surface area (Å²) in [5.74, 6) is -0.504. The summed E-state index contributed by atoms with van der Waals surface area (Å²) in [6.45, 7) is 8.16. The Morgan fingerprint density at radius 3 is 2.46 bits per heavy atom. The first-order chi connectivity index (χ1) is 13.1. The van der Waals surface area contributed by atoms with Gasteiger partial charge in [-0.3, -0.25) is 4.72 Å². The lowest BCUT2D eigenvalue weighted by Gasteiger charge is -2.19. The van der Waals surface area contributed by atoms with Gasteiger partial charge in [0, 0.05) is 6.20 Å². The predicted molar refractivity (Wildman–Crippen MR) is 107 cm³/mol. The van der Waals surface area contributed by atoms with Crippen molar-refractivity contribution in [3.8, 4) is 0 Å². The van der Waals surface area contributed by atoms with Crippen molar-refractivity contribution in [1.82, 2.24) is 9.61 Å². The van der Waals surface area contributed by atoms with Gasteiger partial charge < -0.3 is 4.74 Å². The zero-order chi connectivity index (χ0) is 20.5. The van der Waals surface area contributed by atoms with Crippen molar-refractivity contribution in [2.24, 2.45) is 0 Å². The minimum Gasteiger partial charge on any atom is -0.462 e. The van der Waals surface area contributed by atoms with Crippen LogP contribution in [0.2, 0.25) is 0 Å². The number of pyridine rings is 1. The van der Waals surface area contributed by atoms with E-state index in [-0.39, 0.29) is 22.5 Å². The molecule has 0 aliphatic carbocycles. The molecular weight excluding hydrogens is 378 g/mol. The number of fused-ring (bicyclic) bond motifs is 1. The molecule has 0 aliphatic rings. The molecule has 3 aromatic rings. The summed E-state index contributed by atoms with van der Waals surface area (Å²) in [5, 5.41) is 4.09. The first-order valence-electron chi connectivity index (χ1n) is 8.90. The summed E-state index contributed by atoms with van der Waals surface area (Å²) in [6, 6.07) is 9.94. The second-order valence-electron chi connectivity index (χ2n) is 7.40. The molecule has 8 heteroatoms. The number of anilines is 1. The van der Waals surface area contributed by atoms with Crippen molar-refractivity contribution >= 4 is 27.2 Å². The summed E-state index contributed by atoms with van der Waals surface area (Å²) in [7, 11) is -3.77. The van der Waals surface area contributed by atoms with E-state index in [9.17, 15) is 13.2 Å². The van der Waals surface area contributed by atoms with Crippen LogP contribution in [0.5, 0.6) is 0 Å². The van der Waals surface area contributed by atoms with Crippen LogP contribution in [0.3, 0.4) is 0 Å². The minimum absolute atomic E-state index is 0.0632. The van der Waals surface area contributed by atoms with Crippen molar-refractivity contribution in [3.63, 3.8) is 0 Å². The maximum Gasteiger partial charge on any atom is 0.341 e. The lowest BCUT2D eigenvalue weighted by atomic mass is 9.87. The van der Waals surface area contributed by atoms with Gasteiger partial charge in [0.25, 0.3) is 10.0 Å². The largest absolute Gasteiger partial charge is 0.462 e. The van der Waals surface area contributed by atoms with Crippen LogP contribution in [0.15, 0.2) is 53.7 Å². The molecule has 0 amide bonds. The van der Waals surface area contributed by atoms with Crippen LogP contribution in [0.4, 0.5) is 5.69 Å². The van der Waals surface area contributed by atoms with E-state index in [2.05, 4.69) is 30.6 Å². The first-order valence-corrected chi connectivity index (χ1v) is 10.4. The summed E-state index contributed by atoms with van der Waals surface area (Å²) in [5.41, 5.74) is 2.05. The van der Waals surface area contributed by atoms with E-state index >= 15 is 0 Å². The van der Waals surface area contributed by atoms with Crippen LogP contribution in [0.1, 0.15) is 43.6 Å². The number of esters is 1. The number of nitrogens with one attached hydrogen (secondary N) is 1. The highest BCUT2D eigenvalue weighted by molar-refractivity contribution is 7.92. The average Bonchev–Trinajstić information content (AvgIpc) is 3.04. The van der Waals surface area contributed by atoms with Crippen LogP contribution in [-0.4, -0.2) is 30.6 Å². The molecule has 2 heterocycles. The van der Waals surface area contributed by atoms with Crippen molar-refractivity contribution in [1.29, 1.82) is 0 Å². The number of hydrogen-bond acceptors (Lipinski definition) is 5. The Hall–Kier alpha value is -2.87. The Morgan fingerprint density at radius 1 is 1.18 bits per heavy atom. The second-order valence-corrected chi connectivity index (χ2v) is 9.09. The van der Waals surface area contributed by atoms with Crippen LogP contribution in [0.25, 0.3) is 5.52 Å². The third-order valence-electron chi connectivity index (χ3n) is 4.30. The number of aromatic nitrogens is 2. The molecule has 0 fully saturated rings. The number of nitrogens with zero attached hydrogens (tertiary/aromatic N) is 2. The molecule has 28 heavy (non-hydrogen) atoms. The molecule has 0 aliphatic heterocycles. The molecular formula is C20H23N3O4S. The normalized spacial score (nSPS) is 12.1. The SMILES string of the molecule is CCOC(=O)c1cnn2ccc(NS(=O)(=O)c3ccc(C(C)(C)C)cc3)cc12. The van der Waals surface area contributed by atoms with E-state index in [0.717, 1.165) is 5.56 Å². The molecule has 0 saturated heterocycles. The minimum atomic E-state index is -3.77. The summed E-state index contributed by atoms with van der Waals surface area (Å²) in [4.78, 5) is 12.2. The lowest BCUT2D eigenvalue weighted by molar-refractivity contribution is 0.0528. The van der Waals surface area contributed by atoms with Gasteiger partial charge in [0.15, 0.2) is 0 Å². The molecule has 2 aromatic heterocycles. The molecule has 7 nitrogen and oxygen atoms in total. The number of sulfonamides is 1. The highest BCUT2D eigenvalue weighted by Crippen LogP contribution is 2.25. The van der Waals surface area contributed by atoms with Crippen molar-refractivity contribution in [2.75, 3.05) is 11.3 Å². The Bertz CT molecular complexity index is 1110. The molecule has 3 rings (SSSR count). The Kier molecular flexibility index (Phi) is 5.16. The van der Waals surface area contributed by atoms with Gasteiger partial charge in [-0.2, -0.15) is 5.10 Å². The number of ether oxygens (including phenoxy) is 1. The lowest BCUT2D eigenvalue weighted by Crippen LogP contribution is -2.15. The fourth-order valence-corrected chi connectivity index (χ4v) is 3.81. The van der Waals surface area contributed by atoms with Crippen LogP contribution < -0.4 is 4.72 Å². The number of carbonyl (C=O) groups is 1. The molecule has 1 N–H and O–H groups in total. The molecule has 0 spiro atoms. The van der Waals surface area contributed by atoms with Gasteiger partial charge in [-0.25, -0.2) is 17.7 Å². The second kappa shape index (κ2) is 7.27. The molecule has 148 valence electrons. The molecule has 0 radical (unpaired) electrons. The summed E-state index contributed by atoms with van der Waals surface area (Å²) >= 11 is 0.